The first kappa shape index (κ1) is 24.7. The third kappa shape index (κ3) is 3.89. The van der Waals surface area contributed by atoms with E-state index in [0.29, 0.717) is 5.89 Å². The van der Waals surface area contributed by atoms with Crippen LogP contribution in [-0.4, -0.2) is 4.98 Å². The van der Waals surface area contributed by atoms with Crippen LogP contribution in [-0.2, 0) is 0 Å². The number of fused-ring (bicyclic) bond motifs is 8. The second-order valence-electron chi connectivity index (χ2n) is 11.3. The number of oxazole rings is 1. The fourth-order valence-corrected chi connectivity index (χ4v) is 6.43. The minimum atomic E-state index is 0.627. The molecule has 0 aliphatic rings. The summed E-state index contributed by atoms with van der Waals surface area (Å²) in [5.74, 6) is 0.627. The number of anilines is 3. The van der Waals surface area contributed by atoms with E-state index >= 15 is 0 Å². The van der Waals surface area contributed by atoms with Crippen LogP contribution in [0.1, 0.15) is 5.56 Å². The number of benzene rings is 7. The fourth-order valence-electron chi connectivity index (χ4n) is 6.43. The summed E-state index contributed by atoms with van der Waals surface area (Å²) in [7, 11) is 0. The maximum Gasteiger partial charge on any atom is 0.227 e. The summed E-state index contributed by atoms with van der Waals surface area (Å²) < 4.78 is 12.6. The van der Waals surface area contributed by atoms with E-state index in [1.165, 1.54) is 5.56 Å². The molecule has 2 heterocycles. The van der Waals surface area contributed by atoms with Gasteiger partial charge in [0.15, 0.2) is 5.58 Å². The molecule has 208 valence electrons. The Hall–Kier alpha value is -5.87. The molecule has 0 aliphatic carbocycles. The number of para-hydroxylation sites is 1. The Morgan fingerprint density at radius 2 is 1.23 bits per heavy atom. The van der Waals surface area contributed by atoms with Crippen molar-refractivity contribution in [1.82, 2.24) is 4.98 Å². The molecule has 0 unspecified atom stereocenters. The van der Waals surface area contributed by atoms with Crippen molar-refractivity contribution in [3.8, 4) is 11.5 Å². The molecular weight excluding hydrogens is 540 g/mol. The molecule has 9 aromatic rings. The van der Waals surface area contributed by atoms with Crippen LogP contribution in [0.15, 0.2) is 148 Å². The van der Waals surface area contributed by atoms with Crippen LogP contribution in [0.5, 0.6) is 0 Å². The summed E-state index contributed by atoms with van der Waals surface area (Å²) in [6.07, 6.45) is 0. The van der Waals surface area contributed by atoms with Crippen molar-refractivity contribution >= 4 is 71.6 Å². The molecule has 4 nitrogen and oxygen atoms in total. The van der Waals surface area contributed by atoms with E-state index < -0.39 is 0 Å². The van der Waals surface area contributed by atoms with Crippen molar-refractivity contribution in [3.05, 3.63) is 145 Å². The van der Waals surface area contributed by atoms with E-state index in [2.05, 4.69) is 103 Å². The van der Waals surface area contributed by atoms with Gasteiger partial charge in [0.1, 0.15) is 16.7 Å². The smallest absolute Gasteiger partial charge is 0.227 e. The van der Waals surface area contributed by atoms with Gasteiger partial charge < -0.3 is 13.7 Å². The molecule has 0 fully saturated rings. The lowest BCUT2D eigenvalue weighted by molar-refractivity contribution is 0.620. The van der Waals surface area contributed by atoms with Crippen molar-refractivity contribution in [2.45, 2.75) is 6.92 Å². The van der Waals surface area contributed by atoms with Crippen molar-refractivity contribution in [1.29, 1.82) is 0 Å². The fraction of sp³-hybridized carbons (Fsp3) is 0.0250. The Bertz CT molecular complexity index is 2520. The number of hydrogen-bond acceptors (Lipinski definition) is 4. The zero-order valence-corrected chi connectivity index (χ0v) is 24.0. The Kier molecular flexibility index (Phi) is 5.38. The van der Waals surface area contributed by atoms with E-state index in [9.17, 15) is 0 Å². The number of hydrogen-bond donors (Lipinski definition) is 0. The van der Waals surface area contributed by atoms with Gasteiger partial charge in [0, 0.05) is 44.9 Å². The molecule has 4 heteroatoms. The highest BCUT2D eigenvalue weighted by Crippen LogP contribution is 2.41. The van der Waals surface area contributed by atoms with E-state index in [0.717, 1.165) is 77.2 Å². The molecule has 44 heavy (non-hydrogen) atoms. The maximum absolute atomic E-state index is 6.31. The maximum atomic E-state index is 6.31. The highest BCUT2D eigenvalue weighted by Gasteiger charge is 2.18. The van der Waals surface area contributed by atoms with Crippen molar-refractivity contribution in [2.75, 3.05) is 4.90 Å². The number of aryl methyl sites for hydroxylation is 1. The largest absolute Gasteiger partial charge is 0.456 e. The number of nitrogens with zero attached hydrogens (tertiary/aromatic N) is 2. The third-order valence-electron chi connectivity index (χ3n) is 8.50. The Balaban J connectivity index is 1.29. The van der Waals surface area contributed by atoms with Gasteiger partial charge in [-0.25, -0.2) is 4.98 Å². The predicted octanol–water partition coefficient (Wildman–Crippen LogP) is 11.5. The van der Waals surface area contributed by atoms with Gasteiger partial charge in [0.05, 0.1) is 0 Å². The molecule has 0 saturated carbocycles. The lowest BCUT2D eigenvalue weighted by atomic mass is 9.99. The zero-order chi connectivity index (χ0) is 29.2. The topological polar surface area (TPSA) is 42.4 Å². The average Bonchev–Trinajstić information content (AvgIpc) is 3.67. The number of rotatable bonds is 4. The first-order chi connectivity index (χ1) is 21.7. The molecule has 7 aromatic carbocycles. The van der Waals surface area contributed by atoms with Crippen LogP contribution in [0.25, 0.3) is 66.0 Å². The van der Waals surface area contributed by atoms with Gasteiger partial charge >= 0.3 is 0 Å². The highest BCUT2D eigenvalue weighted by atomic mass is 16.3. The normalized spacial score (nSPS) is 11.8. The van der Waals surface area contributed by atoms with Gasteiger partial charge in [-0.2, -0.15) is 0 Å². The van der Waals surface area contributed by atoms with Gasteiger partial charge in [0.2, 0.25) is 5.89 Å². The number of furan rings is 1. The lowest BCUT2D eigenvalue weighted by Crippen LogP contribution is -2.10. The first-order valence-electron chi connectivity index (χ1n) is 14.8. The van der Waals surface area contributed by atoms with E-state index in [-0.39, 0.29) is 0 Å². The molecule has 0 spiro atoms. The van der Waals surface area contributed by atoms with Gasteiger partial charge in [-0.15, -0.1) is 0 Å². The number of aromatic nitrogens is 1. The molecule has 0 radical (unpaired) electrons. The van der Waals surface area contributed by atoms with E-state index in [4.69, 9.17) is 13.8 Å². The third-order valence-corrected chi connectivity index (χ3v) is 8.50. The molecule has 0 N–H and O–H groups in total. The van der Waals surface area contributed by atoms with Crippen LogP contribution in [0.3, 0.4) is 0 Å². The minimum absolute atomic E-state index is 0.627. The lowest BCUT2D eigenvalue weighted by Gasteiger charge is -2.26. The van der Waals surface area contributed by atoms with Crippen LogP contribution in [0.4, 0.5) is 17.1 Å². The summed E-state index contributed by atoms with van der Waals surface area (Å²) in [5, 5.41) is 6.72. The molecule has 9 rings (SSSR count). The van der Waals surface area contributed by atoms with Crippen molar-refractivity contribution in [2.24, 2.45) is 0 Å². The van der Waals surface area contributed by atoms with Gasteiger partial charge in [0.25, 0.3) is 0 Å². The molecule has 2 aromatic heterocycles. The van der Waals surface area contributed by atoms with Gasteiger partial charge in [-0.1, -0.05) is 72.8 Å². The van der Waals surface area contributed by atoms with Crippen LogP contribution in [0, 0.1) is 6.92 Å². The van der Waals surface area contributed by atoms with Crippen LogP contribution < -0.4 is 4.90 Å². The second kappa shape index (κ2) is 9.58. The molecular formula is C40H26N2O2. The SMILES string of the molecule is Cc1cccc(N(c2ccc3c(c2)oc2ccccc23)c2ccc3ccc4ccc5oc(-c6ccccc6)nc5c4c3c2)c1. The van der Waals surface area contributed by atoms with Crippen LogP contribution in [0.2, 0.25) is 0 Å². The standard InChI is InChI=1S/C40H26N2O2/c1-25-8-7-11-29(22-25)42(31-19-20-33-32-12-5-6-13-35(32)43-37(33)24-31)30-18-16-26-14-15-27-17-21-36-39(38(27)34(26)23-30)41-40(44-36)28-9-3-2-4-10-28/h2-24H,1H3. The molecule has 0 bridgehead atoms. The minimum Gasteiger partial charge on any atom is -0.456 e. The zero-order valence-electron chi connectivity index (χ0n) is 24.0. The molecule has 0 amide bonds. The summed E-state index contributed by atoms with van der Waals surface area (Å²) >= 11 is 0. The van der Waals surface area contributed by atoms with Crippen molar-refractivity contribution < 1.29 is 8.83 Å². The molecule has 0 saturated heterocycles. The first-order valence-corrected chi connectivity index (χ1v) is 14.8. The Morgan fingerprint density at radius 3 is 2.14 bits per heavy atom. The predicted molar refractivity (Wildman–Crippen MR) is 181 cm³/mol. The van der Waals surface area contributed by atoms with Gasteiger partial charge in [-0.05, 0) is 89.3 Å². The monoisotopic (exact) mass is 566 g/mol. The Labute approximate surface area is 253 Å². The molecule has 0 atom stereocenters. The van der Waals surface area contributed by atoms with Crippen LogP contribution >= 0.6 is 0 Å². The Morgan fingerprint density at radius 1 is 0.500 bits per heavy atom. The van der Waals surface area contributed by atoms with E-state index in [1.54, 1.807) is 0 Å². The summed E-state index contributed by atoms with van der Waals surface area (Å²) in [6, 6.07) is 48.6. The van der Waals surface area contributed by atoms with E-state index in [1.807, 2.05) is 48.5 Å². The second-order valence-corrected chi connectivity index (χ2v) is 11.3. The highest BCUT2D eigenvalue weighted by molar-refractivity contribution is 6.19. The average molecular weight is 567 g/mol. The quantitative estimate of drug-likeness (QED) is 0.199. The summed E-state index contributed by atoms with van der Waals surface area (Å²) in [6.45, 7) is 2.13. The molecule has 0 aliphatic heterocycles. The summed E-state index contributed by atoms with van der Waals surface area (Å²) in [4.78, 5) is 7.33. The van der Waals surface area contributed by atoms with Crippen molar-refractivity contribution in [3.63, 3.8) is 0 Å². The van der Waals surface area contributed by atoms with Gasteiger partial charge in [-0.3, -0.25) is 0 Å². The summed E-state index contributed by atoms with van der Waals surface area (Å²) in [5.41, 5.74) is 8.73.